The number of nitrogens with zero attached hydrogens (tertiary/aromatic N) is 7. The molecule has 0 aliphatic carbocycles. The zero-order valence-electron chi connectivity index (χ0n) is 21.2. The van der Waals surface area contributed by atoms with Gasteiger partial charge < -0.3 is 19.5 Å². The van der Waals surface area contributed by atoms with Crippen LogP contribution in [0.15, 0.2) is 61.1 Å². The number of benzene rings is 2. The molecule has 37 heavy (non-hydrogen) atoms. The summed E-state index contributed by atoms with van der Waals surface area (Å²) in [6.07, 6.45) is 5.12. The number of hydrogen-bond acceptors (Lipinski definition) is 6. The Morgan fingerprint density at radius 1 is 1.16 bits per heavy atom. The SMILES string of the molecule is C[C@@H](CO)N(C)C[C@@H]1CCN(c2ccc3c(c2)Cn2cc(-c4ccc(C#N)cc4)cc2-c2nncn2-3)C1. The van der Waals surface area contributed by atoms with Crippen LogP contribution >= 0.6 is 0 Å². The molecule has 0 amide bonds. The molecule has 0 radical (unpaired) electrons. The van der Waals surface area contributed by atoms with E-state index in [0.29, 0.717) is 11.5 Å². The van der Waals surface area contributed by atoms with Crippen molar-refractivity contribution in [2.75, 3.05) is 38.2 Å². The quantitative estimate of drug-likeness (QED) is 0.388. The standard InChI is InChI=1S/C29H31N7O/c1-20(18-37)33(2)14-22-9-10-34(15-22)26-7-8-27-25(11-26)17-35-16-24(23-5-3-21(13-30)4-6-23)12-28(35)29-32-31-19-36(27)29/h3-8,11-12,16,19-20,22,37H,9-10,14-15,17-18H2,1-2H3/t20-,22-/m0/s1. The van der Waals surface area contributed by atoms with Crippen LogP contribution in [-0.2, 0) is 6.54 Å². The molecule has 1 N–H and O–H groups in total. The van der Waals surface area contributed by atoms with Gasteiger partial charge in [0, 0.05) is 49.7 Å². The second kappa shape index (κ2) is 9.51. The van der Waals surface area contributed by atoms with Gasteiger partial charge in [0.15, 0.2) is 5.82 Å². The first-order valence-corrected chi connectivity index (χ1v) is 12.8. The van der Waals surface area contributed by atoms with Crippen LogP contribution in [-0.4, -0.2) is 68.7 Å². The number of aromatic nitrogens is 4. The summed E-state index contributed by atoms with van der Waals surface area (Å²) in [7, 11) is 2.10. The lowest BCUT2D eigenvalue weighted by Crippen LogP contribution is -2.36. The highest BCUT2D eigenvalue weighted by Crippen LogP contribution is 2.35. The minimum absolute atomic E-state index is 0.185. The van der Waals surface area contributed by atoms with E-state index in [1.807, 2.05) is 24.3 Å². The average molecular weight is 494 g/mol. The lowest BCUT2D eigenvalue weighted by molar-refractivity contribution is 0.145. The van der Waals surface area contributed by atoms with E-state index >= 15 is 0 Å². The summed E-state index contributed by atoms with van der Waals surface area (Å²) >= 11 is 0. The lowest BCUT2D eigenvalue weighted by Gasteiger charge is -2.26. The number of likely N-dealkylation sites (N-methyl/N-ethyl adjacent to an activating group) is 1. The number of aliphatic hydroxyl groups excluding tert-OH is 1. The maximum absolute atomic E-state index is 9.48. The highest BCUT2D eigenvalue weighted by atomic mass is 16.3. The van der Waals surface area contributed by atoms with Gasteiger partial charge >= 0.3 is 0 Å². The van der Waals surface area contributed by atoms with Gasteiger partial charge in [0.1, 0.15) is 6.33 Å². The van der Waals surface area contributed by atoms with Crippen LogP contribution in [0.4, 0.5) is 5.69 Å². The van der Waals surface area contributed by atoms with Crippen LogP contribution in [0.1, 0.15) is 24.5 Å². The largest absolute Gasteiger partial charge is 0.395 e. The molecule has 1 saturated heterocycles. The van der Waals surface area contributed by atoms with Gasteiger partial charge in [-0.2, -0.15) is 5.26 Å². The van der Waals surface area contributed by atoms with Crippen molar-refractivity contribution < 1.29 is 5.11 Å². The van der Waals surface area contributed by atoms with Gasteiger partial charge in [-0.25, -0.2) is 0 Å². The lowest BCUT2D eigenvalue weighted by atomic mass is 10.1. The Morgan fingerprint density at radius 3 is 2.78 bits per heavy atom. The first-order chi connectivity index (χ1) is 18.0. The molecule has 4 heterocycles. The van der Waals surface area contributed by atoms with Gasteiger partial charge in [-0.15, -0.1) is 10.2 Å². The van der Waals surface area contributed by atoms with E-state index < -0.39 is 0 Å². The fourth-order valence-corrected chi connectivity index (χ4v) is 5.57. The summed E-state index contributed by atoms with van der Waals surface area (Å²) < 4.78 is 4.33. The van der Waals surface area contributed by atoms with E-state index in [1.165, 1.54) is 11.3 Å². The van der Waals surface area contributed by atoms with E-state index in [4.69, 9.17) is 5.26 Å². The van der Waals surface area contributed by atoms with Crippen LogP contribution in [0, 0.1) is 17.2 Å². The molecule has 188 valence electrons. The molecule has 8 nitrogen and oxygen atoms in total. The Morgan fingerprint density at radius 2 is 2.00 bits per heavy atom. The molecule has 2 atom stereocenters. The van der Waals surface area contributed by atoms with Crippen molar-refractivity contribution in [1.29, 1.82) is 5.26 Å². The maximum Gasteiger partial charge on any atom is 0.185 e. The molecule has 8 heteroatoms. The van der Waals surface area contributed by atoms with Crippen molar-refractivity contribution in [3.8, 4) is 34.4 Å². The van der Waals surface area contributed by atoms with E-state index in [1.54, 1.807) is 6.33 Å². The fourth-order valence-electron chi connectivity index (χ4n) is 5.57. The van der Waals surface area contributed by atoms with Crippen molar-refractivity contribution in [1.82, 2.24) is 24.2 Å². The summed E-state index contributed by atoms with van der Waals surface area (Å²) in [5, 5.41) is 27.3. The van der Waals surface area contributed by atoms with Gasteiger partial charge in [-0.3, -0.25) is 4.57 Å². The number of hydrogen-bond donors (Lipinski definition) is 1. The predicted molar refractivity (Wildman–Crippen MR) is 144 cm³/mol. The van der Waals surface area contributed by atoms with Gasteiger partial charge in [0.05, 0.1) is 29.6 Å². The average Bonchev–Trinajstić information content (AvgIpc) is 3.67. The Hall–Kier alpha value is -3.93. The third-order valence-electron chi connectivity index (χ3n) is 7.90. The first kappa shape index (κ1) is 23.5. The van der Waals surface area contributed by atoms with Gasteiger partial charge in [0.25, 0.3) is 0 Å². The van der Waals surface area contributed by atoms with Crippen molar-refractivity contribution in [2.24, 2.45) is 5.92 Å². The van der Waals surface area contributed by atoms with Crippen molar-refractivity contribution in [3.05, 3.63) is 72.2 Å². The molecule has 2 aliphatic rings. The van der Waals surface area contributed by atoms with E-state index in [2.05, 4.69) is 79.6 Å². The van der Waals surface area contributed by atoms with E-state index in [9.17, 15) is 5.11 Å². The van der Waals surface area contributed by atoms with Crippen molar-refractivity contribution in [2.45, 2.75) is 25.9 Å². The molecule has 0 saturated carbocycles. The summed E-state index contributed by atoms with van der Waals surface area (Å²) in [5.74, 6) is 1.42. The van der Waals surface area contributed by atoms with Crippen LogP contribution in [0.2, 0.25) is 0 Å². The minimum Gasteiger partial charge on any atom is -0.395 e. The second-order valence-electron chi connectivity index (χ2n) is 10.3. The highest BCUT2D eigenvalue weighted by Gasteiger charge is 2.27. The molecule has 0 unspecified atom stereocenters. The zero-order valence-corrected chi connectivity index (χ0v) is 21.2. The molecule has 2 aromatic carbocycles. The molecule has 6 rings (SSSR count). The van der Waals surface area contributed by atoms with Crippen molar-refractivity contribution in [3.63, 3.8) is 0 Å². The number of fused-ring (bicyclic) bond motifs is 5. The Kier molecular flexibility index (Phi) is 6.03. The molecule has 0 bridgehead atoms. The normalized spacial score (nSPS) is 17.2. The number of aliphatic hydroxyl groups is 1. The van der Waals surface area contributed by atoms with Crippen LogP contribution in [0.3, 0.4) is 0 Å². The number of rotatable bonds is 6. The Balaban J connectivity index is 1.29. The van der Waals surface area contributed by atoms with Crippen LogP contribution in [0.25, 0.3) is 28.3 Å². The number of nitriles is 1. The molecular formula is C29H31N7O. The van der Waals surface area contributed by atoms with Crippen LogP contribution in [0.5, 0.6) is 0 Å². The third-order valence-corrected chi connectivity index (χ3v) is 7.90. The zero-order chi connectivity index (χ0) is 25.5. The van der Waals surface area contributed by atoms with Gasteiger partial charge in [-0.05, 0) is 73.8 Å². The van der Waals surface area contributed by atoms with Crippen molar-refractivity contribution >= 4 is 5.69 Å². The second-order valence-corrected chi connectivity index (χ2v) is 10.3. The molecular weight excluding hydrogens is 462 g/mol. The summed E-state index contributed by atoms with van der Waals surface area (Å²) in [5.41, 5.74) is 7.44. The van der Waals surface area contributed by atoms with E-state index in [-0.39, 0.29) is 12.6 Å². The minimum atomic E-state index is 0.185. The molecule has 4 aromatic rings. The summed E-state index contributed by atoms with van der Waals surface area (Å²) in [6.45, 7) is 6.07. The Labute approximate surface area is 217 Å². The van der Waals surface area contributed by atoms with E-state index in [0.717, 1.165) is 60.9 Å². The molecule has 0 spiro atoms. The number of anilines is 1. The van der Waals surface area contributed by atoms with Gasteiger partial charge in [-0.1, -0.05) is 12.1 Å². The van der Waals surface area contributed by atoms with Gasteiger partial charge in [0.2, 0.25) is 0 Å². The third kappa shape index (κ3) is 4.31. The first-order valence-electron chi connectivity index (χ1n) is 12.8. The summed E-state index contributed by atoms with van der Waals surface area (Å²) in [6, 6.07) is 19.0. The maximum atomic E-state index is 9.48. The molecule has 2 aliphatic heterocycles. The fraction of sp³-hybridized carbons (Fsp3) is 0.345. The highest BCUT2D eigenvalue weighted by molar-refractivity contribution is 5.72. The smallest absolute Gasteiger partial charge is 0.185 e. The molecule has 1 fully saturated rings. The predicted octanol–water partition coefficient (Wildman–Crippen LogP) is 3.78. The monoisotopic (exact) mass is 493 g/mol. The topological polar surface area (TPSA) is 86.1 Å². The Bertz CT molecular complexity index is 1460. The molecule has 2 aromatic heterocycles. The van der Waals surface area contributed by atoms with Crippen LogP contribution < -0.4 is 4.90 Å². The summed E-state index contributed by atoms with van der Waals surface area (Å²) in [4.78, 5) is 4.75.